The molecule has 5 nitrogen and oxygen atoms in total. The van der Waals surface area contributed by atoms with Crippen LogP contribution in [0.1, 0.15) is 49.4 Å². The highest BCUT2D eigenvalue weighted by molar-refractivity contribution is 5.79. The van der Waals surface area contributed by atoms with Crippen LogP contribution in [0.15, 0.2) is 24.3 Å². The summed E-state index contributed by atoms with van der Waals surface area (Å²) < 4.78 is 5.82. The minimum absolute atomic E-state index is 0.188. The molecule has 3 rings (SSSR count). The summed E-state index contributed by atoms with van der Waals surface area (Å²) in [5, 5.41) is 19.1. The fourth-order valence-electron chi connectivity index (χ4n) is 3.68. The van der Waals surface area contributed by atoms with Crippen molar-refractivity contribution < 1.29 is 9.84 Å². The molecule has 0 radical (unpaired) electrons. The number of rotatable bonds is 2. The van der Waals surface area contributed by atoms with E-state index >= 15 is 0 Å². The van der Waals surface area contributed by atoms with Crippen molar-refractivity contribution in [2.24, 2.45) is 0 Å². The fraction of sp³-hybridized carbons (Fsp3) is 0.400. The Hall–Kier alpha value is -2.58. The molecule has 130 valence electrons. The van der Waals surface area contributed by atoms with Crippen molar-refractivity contribution in [1.29, 1.82) is 5.26 Å². The highest BCUT2D eigenvalue weighted by Crippen LogP contribution is 2.40. The van der Waals surface area contributed by atoms with Gasteiger partial charge in [-0.3, -0.25) is 0 Å². The minimum Gasteiger partial charge on any atom is -0.508 e. The van der Waals surface area contributed by atoms with Crippen LogP contribution >= 0.6 is 0 Å². The highest BCUT2D eigenvalue weighted by atomic mass is 16.5. The number of phenols is 1. The number of aromatic hydroxyl groups is 1. The number of nitrogens with zero attached hydrogens (tertiary/aromatic N) is 2. The van der Waals surface area contributed by atoms with Gasteiger partial charge in [0.25, 0.3) is 0 Å². The lowest BCUT2D eigenvalue weighted by atomic mass is 9.82. The van der Waals surface area contributed by atoms with Crippen molar-refractivity contribution in [2.45, 2.75) is 45.1 Å². The number of anilines is 1. The van der Waals surface area contributed by atoms with E-state index in [4.69, 9.17) is 10.5 Å². The lowest BCUT2D eigenvalue weighted by Crippen LogP contribution is -2.33. The molecule has 1 atom stereocenters. The third-order valence-electron chi connectivity index (χ3n) is 4.86. The van der Waals surface area contributed by atoms with Gasteiger partial charge in [0.1, 0.15) is 23.2 Å². The number of benzene rings is 1. The van der Waals surface area contributed by atoms with Gasteiger partial charge in [-0.2, -0.15) is 5.26 Å². The van der Waals surface area contributed by atoms with E-state index in [-0.39, 0.29) is 23.1 Å². The zero-order chi connectivity index (χ0) is 18.2. The number of ether oxygens (including phenoxy) is 1. The summed E-state index contributed by atoms with van der Waals surface area (Å²) >= 11 is 0. The number of aromatic nitrogens is 1. The molecule has 5 heteroatoms. The molecule has 3 N–H and O–H groups in total. The predicted octanol–water partition coefficient (Wildman–Crippen LogP) is 3.89. The van der Waals surface area contributed by atoms with Crippen molar-refractivity contribution in [3.05, 3.63) is 41.1 Å². The first-order chi connectivity index (χ1) is 11.8. The number of hydrogen-bond donors (Lipinski definition) is 2. The van der Waals surface area contributed by atoms with Crippen LogP contribution in [0.5, 0.6) is 5.75 Å². The van der Waals surface area contributed by atoms with Crippen LogP contribution in [0.3, 0.4) is 0 Å². The van der Waals surface area contributed by atoms with Gasteiger partial charge in [-0.1, -0.05) is 12.1 Å². The third kappa shape index (κ3) is 3.31. The highest BCUT2D eigenvalue weighted by Gasteiger charge is 2.32. The summed E-state index contributed by atoms with van der Waals surface area (Å²) in [5.41, 5.74) is 9.89. The maximum absolute atomic E-state index is 9.58. The molecular formula is C20H23N3O2. The van der Waals surface area contributed by atoms with E-state index in [1.807, 2.05) is 6.92 Å². The maximum atomic E-state index is 9.58. The smallest absolute Gasteiger partial charge is 0.142 e. The summed E-state index contributed by atoms with van der Waals surface area (Å²) in [7, 11) is 0. The summed E-state index contributed by atoms with van der Waals surface area (Å²) in [6.45, 7) is 6.85. The maximum Gasteiger partial charge on any atom is 0.142 e. The molecule has 1 aromatic heterocycles. The number of nitrogens with two attached hydrogens (primary N) is 1. The number of hydrogen-bond acceptors (Lipinski definition) is 5. The van der Waals surface area contributed by atoms with Crippen molar-refractivity contribution >= 4 is 5.82 Å². The number of nitriles is 1. The van der Waals surface area contributed by atoms with Gasteiger partial charge in [-0.05, 0) is 56.9 Å². The Morgan fingerprint density at radius 2 is 2.00 bits per heavy atom. The summed E-state index contributed by atoms with van der Waals surface area (Å²) in [6.07, 6.45) is 1.75. The first-order valence-electron chi connectivity index (χ1n) is 8.46. The Morgan fingerprint density at radius 3 is 2.60 bits per heavy atom. The van der Waals surface area contributed by atoms with Gasteiger partial charge in [0.15, 0.2) is 0 Å². The summed E-state index contributed by atoms with van der Waals surface area (Å²) in [6, 6.07) is 9.02. The normalized spacial score (nSPS) is 19.4. The zero-order valence-electron chi connectivity index (χ0n) is 14.8. The Kier molecular flexibility index (Phi) is 4.40. The minimum atomic E-state index is -0.196. The molecule has 0 unspecified atom stereocenters. The molecule has 1 aliphatic heterocycles. The zero-order valence-corrected chi connectivity index (χ0v) is 14.8. The Bertz CT molecular complexity index is 836. The lowest BCUT2D eigenvalue weighted by Gasteiger charge is -2.36. The van der Waals surface area contributed by atoms with Crippen molar-refractivity contribution in [1.82, 2.24) is 4.98 Å². The third-order valence-corrected chi connectivity index (χ3v) is 4.86. The average molecular weight is 337 g/mol. The average Bonchev–Trinajstić information content (AvgIpc) is 2.56. The molecular weight excluding hydrogens is 314 g/mol. The van der Waals surface area contributed by atoms with Gasteiger partial charge in [0.05, 0.1) is 5.60 Å². The van der Waals surface area contributed by atoms with E-state index in [1.54, 1.807) is 24.3 Å². The Labute approximate surface area is 148 Å². The number of pyridine rings is 1. The van der Waals surface area contributed by atoms with Gasteiger partial charge in [-0.25, -0.2) is 4.98 Å². The molecule has 2 heterocycles. The quantitative estimate of drug-likeness (QED) is 0.867. The van der Waals surface area contributed by atoms with Crippen LogP contribution in [-0.4, -0.2) is 22.3 Å². The lowest BCUT2D eigenvalue weighted by molar-refractivity contribution is -0.0598. The molecule has 0 saturated carbocycles. The molecule has 0 bridgehead atoms. The Balaban J connectivity index is 2.16. The van der Waals surface area contributed by atoms with Crippen molar-refractivity contribution in [2.75, 3.05) is 12.3 Å². The monoisotopic (exact) mass is 337 g/mol. The summed E-state index contributed by atoms with van der Waals surface area (Å²) in [5.74, 6) is 0.693. The van der Waals surface area contributed by atoms with E-state index < -0.39 is 0 Å². The van der Waals surface area contributed by atoms with Crippen molar-refractivity contribution in [3.8, 4) is 22.9 Å². The van der Waals surface area contributed by atoms with Crippen LogP contribution in [0.4, 0.5) is 5.82 Å². The molecule has 2 aromatic rings. The van der Waals surface area contributed by atoms with Gasteiger partial charge in [0.2, 0.25) is 0 Å². The van der Waals surface area contributed by atoms with Gasteiger partial charge in [0, 0.05) is 23.8 Å². The second kappa shape index (κ2) is 6.38. The van der Waals surface area contributed by atoms with Gasteiger partial charge in [-0.15, -0.1) is 0 Å². The van der Waals surface area contributed by atoms with E-state index in [0.717, 1.165) is 35.2 Å². The number of nitrogen functional groups attached to an aromatic ring is 1. The first-order valence-corrected chi connectivity index (χ1v) is 8.46. The Morgan fingerprint density at radius 1 is 1.32 bits per heavy atom. The molecule has 25 heavy (non-hydrogen) atoms. The topological polar surface area (TPSA) is 92.2 Å². The van der Waals surface area contributed by atoms with Crippen LogP contribution in [0.25, 0.3) is 11.1 Å². The van der Waals surface area contributed by atoms with E-state index in [0.29, 0.717) is 12.2 Å². The molecule has 0 spiro atoms. The molecule has 0 amide bonds. The van der Waals surface area contributed by atoms with E-state index in [1.165, 1.54) is 0 Å². The molecule has 1 aromatic carbocycles. The van der Waals surface area contributed by atoms with Gasteiger partial charge < -0.3 is 15.6 Å². The number of phenolic OH excluding ortho intramolecular Hbond substituents is 1. The first kappa shape index (κ1) is 17.2. The second-order valence-electron chi connectivity index (χ2n) is 7.21. The SMILES string of the molecule is Cc1c([C@H]2CCOC(C)(C)C2)nc(N)c(C#N)c1-c1ccc(O)cc1. The molecule has 1 aliphatic rings. The van der Waals surface area contributed by atoms with Crippen LogP contribution in [-0.2, 0) is 4.74 Å². The standard InChI is InChI=1S/C20H23N3O2/c1-12-17(13-4-6-15(24)7-5-13)16(11-21)19(22)23-18(12)14-8-9-25-20(2,3)10-14/h4-7,14,24H,8-10H2,1-3H3,(H2,22,23)/t14-/m0/s1. The van der Waals surface area contributed by atoms with Crippen molar-refractivity contribution in [3.63, 3.8) is 0 Å². The molecule has 1 fully saturated rings. The van der Waals surface area contributed by atoms with Crippen LogP contribution in [0, 0.1) is 18.3 Å². The van der Waals surface area contributed by atoms with Gasteiger partial charge >= 0.3 is 0 Å². The van der Waals surface area contributed by atoms with E-state index in [9.17, 15) is 10.4 Å². The van der Waals surface area contributed by atoms with Crippen LogP contribution in [0.2, 0.25) is 0 Å². The predicted molar refractivity (Wildman–Crippen MR) is 97.2 cm³/mol. The van der Waals surface area contributed by atoms with E-state index in [2.05, 4.69) is 24.9 Å². The summed E-state index contributed by atoms with van der Waals surface area (Å²) in [4.78, 5) is 4.59. The largest absolute Gasteiger partial charge is 0.508 e. The molecule has 0 aliphatic carbocycles. The molecule has 1 saturated heterocycles. The second-order valence-corrected chi connectivity index (χ2v) is 7.21. The fourth-order valence-corrected chi connectivity index (χ4v) is 3.68. The van der Waals surface area contributed by atoms with Crippen LogP contribution < -0.4 is 5.73 Å².